The number of nitrogens with zero attached hydrogens (tertiary/aromatic N) is 1. The Morgan fingerprint density at radius 3 is 2.62 bits per heavy atom. The summed E-state index contributed by atoms with van der Waals surface area (Å²) in [5.74, 6) is 0.0483. The van der Waals surface area contributed by atoms with Crippen LogP contribution in [-0.4, -0.2) is 36.0 Å². The Balaban J connectivity index is 1.62. The topological polar surface area (TPSA) is 32.3 Å². The molecule has 2 aliphatic heterocycles. The monoisotopic (exact) mass is 340 g/mol. The summed E-state index contributed by atoms with van der Waals surface area (Å²) in [5, 5.41) is 4.14. The molecule has 2 bridgehead atoms. The number of hydrogen-bond donors (Lipinski definition) is 1. The Morgan fingerprint density at radius 2 is 1.79 bits per heavy atom. The van der Waals surface area contributed by atoms with Crippen molar-refractivity contribution in [1.82, 2.24) is 10.2 Å². The number of rotatable bonds is 2. The highest BCUT2D eigenvalue weighted by molar-refractivity contribution is 6.34. The van der Waals surface area contributed by atoms with Gasteiger partial charge in [-0.1, -0.05) is 48.0 Å². The highest BCUT2D eigenvalue weighted by Gasteiger charge is 2.32. The molecule has 2 saturated heterocycles. The lowest BCUT2D eigenvalue weighted by Gasteiger charge is -2.25. The minimum Gasteiger partial charge on any atom is -0.337 e. The van der Waals surface area contributed by atoms with Gasteiger partial charge in [0.2, 0.25) is 0 Å². The van der Waals surface area contributed by atoms with Crippen molar-refractivity contribution < 1.29 is 4.79 Å². The predicted octanol–water partition coefficient (Wildman–Crippen LogP) is 3.97. The molecule has 0 saturated carbocycles. The van der Waals surface area contributed by atoms with Gasteiger partial charge in [0.1, 0.15) is 0 Å². The van der Waals surface area contributed by atoms with Gasteiger partial charge in [-0.3, -0.25) is 4.79 Å². The van der Waals surface area contributed by atoms with Gasteiger partial charge in [-0.2, -0.15) is 0 Å². The van der Waals surface area contributed by atoms with Gasteiger partial charge in [-0.05, 0) is 42.5 Å². The average molecular weight is 341 g/mol. The summed E-state index contributed by atoms with van der Waals surface area (Å²) in [5.41, 5.74) is 2.73. The summed E-state index contributed by atoms with van der Waals surface area (Å²) in [6.45, 7) is 1.58. The summed E-state index contributed by atoms with van der Waals surface area (Å²) in [4.78, 5) is 15.0. The van der Waals surface area contributed by atoms with E-state index in [9.17, 15) is 4.79 Å². The van der Waals surface area contributed by atoms with Crippen LogP contribution in [0, 0.1) is 0 Å². The second-order valence-electron chi connectivity index (χ2n) is 6.74. The molecule has 2 aromatic carbocycles. The van der Waals surface area contributed by atoms with Gasteiger partial charge in [0.05, 0.1) is 10.6 Å². The second kappa shape index (κ2) is 6.58. The molecule has 2 unspecified atom stereocenters. The number of fused-ring (bicyclic) bond motifs is 2. The molecule has 2 heterocycles. The van der Waals surface area contributed by atoms with Crippen molar-refractivity contribution in [2.75, 3.05) is 13.1 Å². The van der Waals surface area contributed by atoms with E-state index in [1.807, 2.05) is 53.4 Å². The molecule has 2 atom stereocenters. The zero-order chi connectivity index (χ0) is 16.5. The van der Waals surface area contributed by atoms with E-state index in [0.717, 1.165) is 37.1 Å². The molecule has 124 valence electrons. The van der Waals surface area contributed by atoms with E-state index >= 15 is 0 Å². The first-order chi connectivity index (χ1) is 11.7. The first-order valence-corrected chi connectivity index (χ1v) is 8.99. The zero-order valence-electron chi connectivity index (χ0n) is 13.5. The molecule has 2 aliphatic rings. The van der Waals surface area contributed by atoms with Gasteiger partial charge in [-0.25, -0.2) is 0 Å². The normalized spacial score (nSPS) is 23.1. The van der Waals surface area contributed by atoms with E-state index in [-0.39, 0.29) is 5.91 Å². The quantitative estimate of drug-likeness (QED) is 0.897. The van der Waals surface area contributed by atoms with Crippen LogP contribution >= 0.6 is 11.6 Å². The summed E-state index contributed by atoms with van der Waals surface area (Å²) in [7, 11) is 0. The molecule has 2 fully saturated rings. The fourth-order valence-corrected chi connectivity index (χ4v) is 4.00. The predicted molar refractivity (Wildman–Crippen MR) is 97.4 cm³/mol. The number of likely N-dealkylation sites (tertiary alicyclic amines) is 1. The Kier molecular flexibility index (Phi) is 4.30. The molecule has 3 nitrogen and oxygen atoms in total. The molecule has 4 heteroatoms. The van der Waals surface area contributed by atoms with Crippen LogP contribution in [0.15, 0.2) is 48.5 Å². The van der Waals surface area contributed by atoms with Crippen LogP contribution in [0.5, 0.6) is 0 Å². The Labute approximate surface area is 147 Å². The first kappa shape index (κ1) is 15.7. The van der Waals surface area contributed by atoms with Crippen LogP contribution in [0.3, 0.4) is 0 Å². The van der Waals surface area contributed by atoms with Gasteiger partial charge in [0.25, 0.3) is 5.91 Å². The summed E-state index contributed by atoms with van der Waals surface area (Å²) in [6, 6.07) is 16.8. The molecule has 1 N–H and O–H groups in total. The minimum atomic E-state index is 0.0483. The SMILES string of the molecule is O=C(c1cc(-c2ccccc2)ccc1Cl)N1CCC2CCC(C1)N2. The van der Waals surface area contributed by atoms with Crippen LogP contribution in [0.2, 0.25) is 5.02 Å². The van der Waals surface area contributed by atoms with E-state index in [4.69, 9.17) is 11.6 Å². The average Bonchev–Trinajstić information content (AvgIpc) is 2.94. The van der Waals surface area contributed by atoms with E-state index in [0.29, 0.717) is 22.7 Å². The highest BCUT2D eigenvalue weighted by atomic mass is 35.5. The molecule has 0 aromatic heterocycles. The van der Waals surface area contributed by atoms with Crippen molar-refractivity contribution in [1.29, 1.82) is 0 Å². The van der Waals surface area contributed by atoms with Crippen molar-refractivity contribution in [2.45, 2.75) is 31.3 Å². The van der Waals surface area contributed by atoms with Crippen molar-refractivity contribution in [2.24, 2.45) is 0 Å². The lowest BCUT2D eigenvalue weighted by molar-refractivity contribution is 0.0748. The Morgan fingerprint density at radius 1 is 1.00 bits per heavy atom. The number of carbonyl (C=O) groups excluding carboxylic acids is 1. The number of carbonyl (C=O) groups is 1. The maximum atomic E-state index is 13.0. The number of halogens is 1. The summed E-state index contributed by atoms with van der Waals surface area (Å²) >= 11 is 6.35. The van der Waals surface area contributed by atoms with E-state index in [2.05, 4.69) is 5.32 Å². The van der Waals surface area contributed by atoms with Crippen molar-refractivity contribution in [3.05, 3.63) is 59.1 Å². The Hall–Kier alpha value is -1.84. The van der Waals surface area contributed by atoms with Crippen molar-refractivity contribution in [3.8, 4) is 11.1 Å². The largest absolute Gasteiger partial charge is 0.337 e. The van der Waals surface area contributed by atoms with Gasteiger partial charge < -0.3 is 10.2 Å². The maximum Gasteiger partial charge on any atom is 0.255 e. The Bertz CT molecular complexity index is 747. The summed E-state index contributed by atoms with van der Waals surface area (Å²) in [6.07, 6.45) is 3.42. The smallest absolute Gasteiger partial charge is 0.255 e. The van der Waals surface area contributed by atoms with Gasteiger partial charge in [0.15, 0.2) is 0 Å². The van der Waals surface area contributed by atoms with Crippen molar-refractivity contribution in [3.63, 3.8) is 0 Å². The standard InChI is InChI=1S/C20H21ClN2O/c21-19-9-6-15(14-4-2-1-3-5-14)12-18(19)20(24)23-11-10-16-7-8-17(13-23)22-16/h1-6,9,12,16-17,22H,7-8,10-11,13H2. The fraction of sp³-hybridized carbons (Fsp3) is 0.350. The van der Waals surface area contributed by atoms with E-state index < -0.39 is 0 Å². The van der Waals surface area contributed by atoms with Gasteiger partial charge in [-0.15, -0.1) is 0 Å². The molecule has 1 amide bonds. The van der Waals surface area contributed by atoms with Gasteiger partial charge >= 0.3 is 0 Å². The molecular formula is C20H21ClN2O. The molecule has 4 rings (SSSR count). The number of amides is 1. The summed E-state index contributed by atoms with van der Waals surface area (Å²) < 4.78 is 0. The third-order valence-electron chi connectivity index (χ3n) is 5.11. The third-order valence-corrected chi connectivity index (χ3v) is 5.44. The minimum absolute atomic E-state index is 0.0483. The molecule has 24 heavy (non-hydrogen) atoms. The van der Waals surface area contributed by atoms with Crippen LogP contribution in [-0.2, 0) is 0 Å². The fourth-order valence-electron chi connectivity index (χ4n) is 3.80. The maximum absolute atomic E-state index is 13.0. The number of nitrogens with one attached hydrogen (secondary N) is 1. The van der Waals surface area contributed by atoms with E-state index in [1.54, 1.807) is 0 Å². The number of benzene rings is 2. The molecule has 2 aromatic rings. The second-order valence-corrected chi connectivity index (χ2v) is 7.15. The van der Waals surface area contributed by atoms with E-state index in [1.165, 1.54) is 6.42 Å². The van der Waals surface area contributed by atoms with Gasteiger partial charge in [0, 0.05) is 25.2 Å². The lowest BCUT2D eigenvalue weighted by Crippen LogP contribution is -2.39. The molecule has 0 spiro atoms. The molecule has 0 aliphatic carbocycles. The van der Waals surface area contributed by atoms with Crippen molar-refractivity contribution >= 4 is 17.5 Å². The first-order valence-electron chi connectivity index (χ1n) is 8.61. The molecular weight excluding hydrogens is 320 g/mol. The zero-order valence-corrected chi connectivity index (χ0v) is 14.3. The number of hydrogen-bond acceptors (Lipinski definition) is 2. The van der Waals surface area contributed by atoms with Crippen LogP contribution in [0.4, 0.5) is 0 Å². The van der Waals surface area contributed by atoms with Crippen LogP contribution in [0.25, 0.3) is 11.1 Å². The lowest BCUT2D eigenvalue weighted by atomic mass is 10.0. The molecule has 0 radical (unpaired) electrons. The van der Waals surface area contributed by atoms with Crippen LogP contribution < -0.4 is 5.32 Å². The van der Waals surface area contributed by atoms with Crippen LogP contribution in [0.1, 0.15) is 29.6 Å². The highest BCUT2D eigenvalue weighted by Crippen LogP contribution is 2.28. The third kappa shape index (κ3) is 3.06.